The van der Waals surface area contributed by atoms with Crippen LogP contribution in [0.15, 0.2) is 35.3 Å². The molecule has 4 rings (SSSR count). The first-order valence-corrected chi connectivity index (χ1v) is 10.7. The maximum Gasteiger partial charge on any atom is 0.194 e. The first-order chi connectivity index (χ1) is 13.8. The molecule has 6 heteroatoms. The minimum absolute atomic E-state index is 0.596. The molecule has 1 fully saturated rings. The smallest absolute Gasteiger partial charge is 0.194 e. The monoisotopic (exact) mass is 380 g/mol. The largest absolute Gasteiger partial charge is 0.349 e. The third kappa shape index (κ3) is 4.05. The van der Waals surface area contributed by atoms with E-state index in [1.807, 2.05) is 7.05 Å². The molecule has 2 aromatic rings. The molecule has 0 spiro atoms. The van der Waals surface area contributed by atoms with Gasteiger partial charge in [0.2, 0.25) is 0 Å². The summed E-state index contributed by atoms with van der Waals surface area (Å²) in [7, 11) is 1.88. The maximum absolute atomic E-state index is 4.55. The number of rotatable bonds is 3. The predicted molar refractivity (Wildman–Crippen MR) is 112 cm³/mol. The van der Waals surface area contributed by atoms with Crippen LogP contribution in [0, 0.1) is 5.92 Å². The molecule has 1 aromatic carbocycles. The van der Waals surface area contributed by atoms with Gasteiger partial charge in [-0.15, -0.1) is 10.2 Å². The van der Waals surface area contributed by atoms with Crippen LogP contribution in [-0.4, -0.2) is 45.8 Å². The van der Waals surface area contributed by atoms with E-state index in [-0.39, 0.29) is 0 Å². The number of aryl methyl sites for hydroxylation is 1. The van der Waals surface area contributed by atoms with Gasteiger partial charge in [-0.1, -0.05) is 43.7 Å². The Bertz CT molecular complexity index is 797. The lowest BCUT2D eigenvalue weighted by atomic mass is 9.82. The molecule has 0 radical (unpaired) electrons. The van der Waals surface area contributed by atoms with Gasteiger partial charge >= 0.3 is 0 Å². The number of aromatic nitrogens is 3. The van der Waals surface area contributed by atoms with Crippen molar-refractivity contribution in [2.75, 3.05) is 20.1 Å². The van der Waals surface area contributed by atoms with Gasteiger partial charge in [0.05, 0.1) is 6.54 Å². The second kappa shape index (κ2) is 8.76. The summed E-state index contributed by atoms with van der Waals surface area (Å²) < 4.78 is 2.30. The molecule has 0 saturated carbocycles. The number of hydrogen-bond donors (Lipinski definition) is 1. The fourth-order valence-electron chi connectivity index (χ4n) is 4.70. The van der Waals surface area contributed by atoms with E-state index in [9.17, 15) is 0 Å². The molecule has 0 amide bonds. The van der Waals surface area contributed by atoms with Crippen molar-refractivity contribution in [3.63, 3.8) is 0 Å². The fourth-order valence-corrected chi connectivity index (χ4v) is 4.70. The van der Waals surface area contributed by atoms with Crippen molar-refractivity contribution in [2.45, 2.75) is 58.0 Å². The van der Waals surface area contributed by atoms with E-state index >= 15 is 0 Å². The molecule has 2 unspecified atom stereocenters. The van der Waals surface area contributed by atoms with Crippen molar-refractivity contribution in [3.8, 4) is 0 Å². The van der Waals surface area contributed by atoms with Crippen molar-refractivity contribution in [3.05, 3.63) is 47.5 Å². The molecule has 0 bridgehead atoms. The average molecular weight is 381 g/mol. The molecule has 3 heterocycles. The van der Waals surface area contributed by atoms with Crippen LogP contribution in [0.25, 0.3) is 0 Å². The summed E-state index contributed by atoms with van der Waals surface area (Å²) in [6.45, 7) is 6.14. The first kappa shape index (κ1) is 19.0. The minimum Gasteiger partial charge on any atom is -0.349 e. The Balaban J connectivity index is 1.37. The third-order valence-electron chi connectivity index (χ3n) is 6.24. The van der Waals surface area contributed by atoms with Crippen molar-refractivity contribution in [1.29, 1.82) is 0 Å². The summed E-state index contributed by atoms with van der Waals surface area (Å²) in [5.74, 6) is 4.37. The Labute approximate surface area is 168 Å². The van der Waals surface area contributed by atoms with Crippen molar-refractivity contribution >= 4 is 5.96 Å². The van der Waals surface area contributed by atoms with Gasteiger partial charge < -0.3 is 14.8 Å². The van der Waals surface area contributed by atoms with E-state index in [2.05, 4.69) is 67.2 Å². The number of aliphatic imine (C=N–C) groups is 1. The Hall–Kier alpha value is -2.37. The topological polar surface area (TPSA) is 58.3 Å². The molecule has 2 aliphatic heterocycles. The van der Waals surface area contributed by atoms with E-state index in [1.165, 1.54) is 24.8 Å². The Morgan fingerprint density at radius 2 is 2.00 bits per heavy atom. The summed E-state index contributed by atoms with van der Waals surface area (Å²) >= 11 is 0. The molecule has 150 valence electrons. The van der Waals surface area contributed by atoms with Crippen molar-refractivity contribution < 1.29 is 0 Å². The molecule has 1 aromatic heterocycles. The highest BCUT2D eigenvalue weighted by atomic mass is 15.3. The lowest BCUT2D eigenvalue weighted by molar-refractivity contribution is 0.234. The van der Waals surface area contributed by atoms with Gasteiger partial charge in [0.25, 0.3) is 0 Å². The number of benzene rings is 1. The Morgan fingerprint density at radius 1 is 1.14 bits per heavy atom. The average Bonchev–Trinajstić information content (AvgIpc) is 2.95. The van der Waals surface area contributed by atoms with E-state index in [0.29, 0.717) is 18.4 Å². The molecule has 2 aliphatic rings. The van der Waals surface area contributed by atoms with Crippen molar-refractivity contribution in [2.24, 2.45) is 10.9 Å². The van der Waals surface area contributed by atoms with E-state index in [0.717, 1.165) is 50.1 Å². The van der Waals surface area contributed by atoms with Crippen LogP contribution in [0.5, 0.6) is 0 Å². The number of likely N-dealkylation sites (tertiary alicyclic amines) is 1. The van der Waals surface area contributed by atoms with Gasteiger partial charge in [-0.05, 0) is 36.7 Å². The Morgan fingerprint density at radius 3 is 2.79 bits per heavy atom. The summed E-state index contributed by atoms with van der Waals surface area (Å²) in [4.78, 5) is 6.94. The molecular weight excluding hydrogens is 348 g/mol. The van der Waals surface area contributed by atoms with Crippen LogP contribution < -0.4 is 5.32 Å². The van der Waals surface area contributed by atoms with Gasteiger partial charge in [-0.3, -0.25) is 4.99 Å². The lowest BCUT2D eigenvalue weighted by Crippen LogP contribution is -2.47. The molecule has 1 saturated heterocycles. The number of piperidine rings is 1. The van der Waals surface area contributed by atoms with Gasteiger partial charge in [0, 0.05) is 33.1 Å². The molecule has 28 heavy (non-hydrogen) atoms. The van der Waals surface area contributed by atoms with E-state index < -0.39 is 0 Å². The van der Waals surface area contributed by atoms with Crippen LogP contribution in [0.3, 0.4) is 0 Å². The van der Waals surface area contributed by atoms with Gasteiger partial charge in [0.1, 0.15) is 5.82 Å². The normalized spacial score (nSPS) is 23.2. The van der Waals surface area contributed by atoms with Crippen LogP contribution in [0.1, 0.15) is 55.7 Å². The van der Waals surface area contributed by atoms with Gasteiger partial charge in [0.15, 0.2) is 11.8 Å². The number of nitrogens with zero attached hydrogens (tertiary/aromatic N) is 5. The van der Waals surface area contributed by atoms with Gasteiger partial charge in [-0.25, -0.2) is 0 Å². The maximum atomic E-state index is 4.55. The fraction of sp³-hybridized carbons (Fsp3) is 0.591. The third-order valence-corrected chi connectivity index (χ3v) is 6.24. The number of guanidine groups is 1. The lowest BCUT2D eigenvalue weighted by Gasteiger charge is -2.38. The minimum atomic E-state index is 0.596. The van der Waals surface area contributed by atoms with Crippen LogP contribution in [-0.2, 0) is 19.5 Å². The summed E-state index contributed by atoms with van der Waals surface area (Å²) in [5, 5.41) is 12.4. The molecular formula is C22H32N6. The predicted octanol–water partition coefficient (Wildman–Crippen LogP) is 3.21. The highest BCUT2D eigenvalue weighted by Crippen LogP contribution is 2.32. The second-order valence-corrected chi connectivity index (χ2v) is 8.12. The van der Waals surface area contributed by atoms with Crippen LogP contribution >= 0.6 is 0 Å². The highest BCUT2D eigenvalue weighted by Gasteiger charge is 2.28. The zero-order valence-electron chi connectivity index (χ0n) is 17.1. The molecule has 1 N–H and O–H groups in total. The summed E-state index contributed by atoms with van der Waals surface area (Å²) in [6.07, 6.45) is 5.93. The van der Waals surface area contributed by atoms with Gasteiger partial charge in [-0.2, -0.15) is 0 Å². The number of hydrogen-bond acceptors (Lipinski definition) is 3. The second-order valence-electron chi connectivity index (χ2n) is 8.12. The first-order valence-electron chi connectivity index (χ1n) is 10.7. The van der Waals surface area contributed by atoms with E-state index in [1.54, 1.807) is 0 Å². The highest BCUT2D eigenvalue weighted by molar-refractivity contribution is 5.79. The van der Waals surface area contributed by atoms with Crippen molar-refractivity contribution in [1.82, 2.24) is 25.0 Å². The molecule has 6 nitrogen and oxygen atoms in total. The Kier molecular flexibility index (Phi) is 5.93. The zero-order valence-corrected chi connectivity index (χ0v) is 17.1. The zero-order chi connectivity index (χ0) is 19.3. The van der Waals surface area contributed by atoms with Crippen LogP contribution in [0.4, 0.5) is 0 Å². The number of nitrogens with one attached hydrogen (secondary N) is 1. The standard InChI is InChI=1S/C22H32N6/c1-17-16-27(14-12-19(17)18-9-5-3-6-10-18)22(23-2)24-15-21-26-25-20-11-7-4-8-13-28(20)21/h3,5-6,9-10,17,19H,4,7-8,11-16H2,1-2H3,(H,23,24). The quantitative estimate of drug-likeness (QED) is 0.656. The number of fused-ring (bicyclic) bond motifs is 1. The van der Waals surface area contributed by atoms with Crippen LogP contribution in [0.2, 0.25) is 0 Å². The summed E-state index contributed by atoms with van der Waals surface area (Å²) in [6, 6.07) is 10.9. The SMILES string of the molecule is CN=C(NCc1nnc2n1CCCCC2)N1CCC(c2ccccc2)C(C)C1. The molecule has 2 atom stereocenters. The molecule has 0 aliphatic carbocycles. The van der Waals surface area contributed by atoms with E-state index in [4.69, 9.17) is 0 Å². The summed E-state index contributed by atoms with van der Waals surface area (Å²) in [5.41, 5.74) is 1.46.